The predicted octanol–water partition coefficient (Wildman–Crippen LogP) is 2.20. The molecule has 2 aromatic heterocycles. The highest BCUT2D eigenvalue weighted by molar-refractivity contribution is 7.12. The van der Waals surface area contributed by atoms with E-state index in [1.165, 1.54) is 17.6 Å². The Kier molecular flexibility index (Phi) is 2.87. The molecular formula is C11H8O4S. The van der Waals surface area contributed by atoms with Crippen LogP contribution < -0.4 is 0 Å². The summed E-state index contributed by atoms with van der Waals surface area (Å²) in [5, 5.41) is 10.3. The molecule has 0 aliphatic heterocycles. The third-order valence-electron chi connectivity index (χ3n) is 1.98. The van der Waals surface area contributed by atoms with Crippen molar-refractivity contribution < 1.29 is 19.1 Å². The molecule has 0 aliphatic rings. The highest BCUT2D eigenvalue weighted by atomic mass is 32.1. The Morgan fingerprint density at radius 2 is 2.25 bits per heavy atom. The second kappa shape index (κ2) is 4.32. The van der Waals surface area contributed by atoms with Crippen LogP contribution in [0, 0.1) is 0 Å². The highest BCUT2D eigenvalue weighted by Crippen LogP contribution is 2.19. The third-order valence-corrected chi connectivity index (χ3v) is 2.96. The minimum Gasteiger partial charge on any atom is -0.481 e. The lowest BCUT2D eigenvalue weighted by Gasteiger charge is -1.91. The molecule has 0 aliphatic carbocycles. The topological polar surface area (TPSA) is 67.5 Å². The Morgan fingerprint density at radius 3 is 2.88 bits per heavy atom. The molecule has 2 heterocycles. The average molecular weight is 236 g/mol. The molecule has 0 atom stereocenters. The smallest absolute Gasteiger partial charge is 0.307 e. The van der Waals surface area contributed by atoms with Gasteiger partial charge in [0.15, 0.2) is 5.76 Å². The van der Waals surface area contributed by atoms with Crippen molar-refractivity contribution in [1.29, 1.82) is 0 Å². The van der Waals surface area contributed by atoms with E-state index in [0.717, 1.165) is 0 Å². The molecule has 4 nitrogen and oxygen atoms in total. The van der Waals surface area contributed by atoms with Crippen LogP contribution in [0.25, 0.3) is 0 Å². The number of hydrogen-bond acceptors (Lipinski definition) is 4. The maximum atomic E-state index is 11.8. The molecule has 0 radical (unpaired) electrons. The van der Waals surface area contributed by atoms with Gasteiger partial charge in [0.05, 0.1) is 17.6 Å². The van der Waals surface area contributed by atoms with Gasteiger partial charge in [0.25, 0.3) is 0 Å². The number of carboxylic acid groups (broad SMARTS) is 1. The zero-order valence-electron chi connectivity index (χ0n) is 8.17. The molecule has 0 spiro atoms. The van der Waals surface area contributed by atoms with Crippen molar-refractivity contribution in [3.63, 3.8) is 0 Å². The van der Waals surface area contributed by atoms with Crippen molar-refractivity contribution in [2.24, 2.45) is 0 Å². The minimum atomic E-state index is -0.908. The number of aliphatic carboxylic acids is 1. The van der Waals surface area contributed by atoms with Gasteiger partial charge in [-0.05, 0) is 29.1 Å². The van der Waals surface area contributed by atoms with Crippen LogP contribution in [-0.2, 0) is 11.2 Å². The Morgan fingerprint density at radius 1 is 1.44 bits per heavy atom. The number of rotatable bonds is 4. The van der Waals surface area contributed by atoms with E-state index in [4.69, 9.17) is 9.52 Å². The average Bonchev–Trinajstić information content (AvgIpc) is 2.84. The second-order valence-corrected chi connectivity index (χ2v) is 4.11. The number of carboxylic acids is 1. The third kappa shape index (κ3) is 2.20. The van der Waals surface area contributed by atoms with E-state index in [-0.39, 0.29) is 18.0 Å². The van der Waals surface area contributed by atoms with Gasteiger partial charge in [0.2, 0.25) is 5.78 Å². The zero-order chi connectivity index (χ0) is 11.5. The molecule has 0 saturated carbocycles. The van der Waals surface area contributed by atoms with Crippen LogP contribution in [0.4, 0.5) is 0 Å². The summed E-state index contributed by atoms with van der Waals surface area (Å²) in [4.78, 5) is 22.7. The van der Waals surface area contributed by atoms with E-state index in [9.17, 15) is 9.59 Å². The summed E-state index contributed by atoms with van der Waals surface area (Å²) < 4.78 is 4.98. The molecule has 16 heavy (non-hydrogen) atoms. The van der Waals surface area contributed by atoms with E-state index in [2.05, 4.69) is 0 Å². The van der Waals surface area contributed by atoms with Gasteiger partial charge < -0.3 is 9.52 Å². The molecule has 0 aromatic carbocycles. The fourth-order valence-corrected chi connectivity index (χ4v) is 2.15. The summed E-state index contributed by atoms with van der Waals surface area (Å²) >= 11 is 1.22. The predicted molar refractivity (Wildman–Crippen MR) is 57.8 cm³/mol. The number of thiophene rings is 1. The van der Waals surface area contributed by atoms with Crippen molar-refractivity contribution >= 4 is 23.1 Å². The van der Waals surface area contributed by atoms with Gasteiger partial charge in [-0.3, -0.25) is 9.59 Å². The van der Waals surface area contributed by atoms with Crippen molar-refractivity contribution in [2.75, 3.05) is 0 Å². The summed E-state index contributed by atoms with van der Waals surface area (Å²) in [7, 11) is 0. The van der Waals surface area contributed by atoms with E-state index >= 15 is 0 Å². The molecule has 1 N–H and O–H groups in total. The summed E-state index contributed by atoms with van der Waals surface area (Å²) in [6, 6.07) is 4.81. The quantitative estimate of drug-likeness (QED) is 0.826. The highest BCUT2D eigenvalue weighted by Gasteiger charge is 2.14. The van der Waals surface area contributed by atoms with Crippen molar-refractivity contribution in [3.05, 3.63) is 46.0 Å². The lowest BCUT2D eigenvalue weighted by molar-refractivity contribution is -0.136. The van der Waals surface area contributed by atoms with Crippen molar-refractivity contribution in [3.8, 4) is 0 Å². The van der Waals surface area contributed by atoms with Crippen molar-refractivity contribution in [1.82, 2.24) is 0 Å². The van der Waals surface area contributed by atoms with Gasteiger partial charge in [0, 0.05) is 0 Å². The fourth-order valence-electron chi connectivity index (χ4n) is 1.29. The molecule has 2 rings (SSSR count). The number of carbonyl (C=O) groups excluding carboxylic acids is 1. The van der Waals surface area contributed by atoms with Crippen LogP contribution in [0.1, 0.15) is 21.0 Å². The number of carbonyl (C=O) groups is 2. The van der Waals surface area contributed by atoms with Gasteiger partial charge >= 0.3 is 5.97 Å². The first-order chi connectivity index (χ1) is 7.66. The van der Waals surface area contributed by atoms with Crippen LogP contribution in [-0.4, -0.2) is 16.9 Å². The molecule has 0 amide bonds. The maximum Gasteiger partial charge on any atom is 0.307 e. The maximum absolute atomic E-state index is 11.8. The van der Waals surface area contributed by atoms with E-state index in [0.29, 0.717) is 10.4 Å². The Bertz CT molecular complexity index is 510. The van der Waals surface area contributed by atoms with Crippen LogP contribution in [0.2, 0.25) is 0 Å². The van der Waals surface area contributed by atoms with Crippen LogP contribution >= 0.6 is 11.3 Å². The van der Waals surface area contributed by atoms with Gasteiger partial charge in [-0.15, -0.1) is 11.3 Å². The summed E-state index contributed by atoms with van der Waals surface area (Å²) in [6.45, 7) is 0. The molecule has 0 unspecified atom stereocenters. The monoisotopic (exact) mass is 236 g/mol. The number of ketones is 1. The molecule has 0 saturated heterocycles. The Balaban J connectivity index is 2.19. The Hall–Kier alpha value is -1.88. The fraction of sp³-hybridized carbons (Fsp3) is 0.0909. The van der Waals surface area contributed by atoms with Gasteiger partial charge in [-0.25, -0.2) is 0 Å². The van der Waals surface area contributed by atoms with Gasteiger partial charge in [-0.2, -0.15) is 0 Å². The van der Waals surface area contributed by atoms with Crippen LogP contribution in [0.15, 0.2) is 34.3 Å². The molecule has 0 bridgehead atoms. The first kappa shape index (κ1) is 10.6. The SMILES string of the molecule is O=C(O)Cc1csc(C(=O)c2ccco2)c1. The number of hydrogen-bond donors (Lipinski definition) is 1. The van der Waals surface area contributed by atoms with E-state index in [1.807, 2.05) is 0 Å². The molecule has 5 heteroatoms. The normalized spacial score (nSPS) is 10.2. The van der Waals surface area contributed by atoms with Crippen LogP contribution in [0.5, 0.6) is 0 Å². The standard InChI is InChI=1S/C11H8O4S/c12-10(13)5-7-4-9(16-6-7)11(14)8-2-1-3-15-8/h1-4,6H,5H2,(H,12,13). The first-order valence-electron chi connectivity index (χ1n) is 4.54. The number of furan rings is 1. The van der Waals surface area contributed by atoms with Gasteiger partial charge in [0.1, 0.15) is 0 Å². The lowest BCUT2D eigenvalue weighted by atomic mass is 10.2. The second-order valence-electron chi connectivity index (χ2n) is 3.20. The summed E-state index contributed by atoms with van der Waals surface area (Å²) in [6.07, 6.45) is 1.36. The minimum absolute atomic E-state index is 0.0675. The van der Waals surface area contributed by atoms with E-state index < -0.39 is 5.97 Å². The van der Waals surface area contributed by atoms with Crippen LogP contribution in [0.3, 0.4) is 0 Å². The van der Waals surface area contributed by atoms with Crippen molar-refractivity contribution in [2.45, 2.75) is 6.42 Å². The largest absolute Gasteiger partial charge is 0.481 e. The van der Waals surface area contributed by atoms with E-state index in [1.54, 1.807) is 23.6 Å². The Labute approximate surface area is 95.1 Å². The molecule has 0 fully saturated rings. The van der Waals surface area contributed by atoms with Gasteiger partial charge in [-0.1, -0.05) is 0 Å². The zero-order valence-corrected chi connectivity index (χ0v) is 8.99. The molecule has 2 aromatic rings. The summed E-state index contributed by atoms with van der Waals surface area (Å²) in [5.74, 6) is -0.856. The lowest BCUT2D eigenvalue weighted by Crippen LogP contribution is -1.99. The summed E-state index contributed by atoms with van der Waals surface area (Å²) in [5.41, 5.74) is 0.632. The molecular weight excluding hydrogens is 228 g/mol. The molecule has 82 valence electrons. The first-order valence-corrected chi connectivity index (χ1v) is 5.42.